The first-order chi connectivity index (χ1) is 23.6. The van der Waals surface area contributed by atoms with Gasteiger partial charge in [0.05, 0.1) is 5.70 Å². The predicted octanol–water partition coefficient (Wildman–Crippen LogP) is 10.2. The lowest BCUT2D eigenvalue weighted by atomic mass is 9.98. The van der Waals surface area contributed by atoms with Gasteiger partial charge in [0.2, 0.25) is 0 Å². The Bertz CT molecular complexity index is 2190. The maximum absolute atomic E-state index is 14.9. The number of carbonyl (C=O) groups is 1. The Balaban J connectivity index is 1.47. The summed E-state index contributed by atoms with van der Waals surface area (Å²) in [5.74, 6) is -1.43. The Kier molecular flexibility index (Phi) is 9.30. The van der Waals surface area contributed by atoms with E-state index in [9.17, 15) is 23.8 Å². The molecule has 3 heterocycles. The second kappa shape index (κ2) is 13.8. The third-order valence-corrected chi connectivity index (χ3v) is 9.59. The molecule has 1 aliphatic heterocycles. The molecule has 49 heavy (non-hydrogen) atoms. The molecule has 0 fully saturated rings. The van der Waals surface area contributed by atoms with Crippen molar-refractivity contribution in [3.8, 4) is 16.5 Å². The molecule has 5 aromatic rings. The Morgan fingerprint density at radius 3 is 2.00 bits per heavy atom. The summed E-state index contributed by atoms with van der Waals surface area (Å²) in [6.07, 6.45) is 3.07. The van der Waals surface area contributed by atoms with E-state index in [1.54, 1.807) is 13.0 Å². The van der Waals surface area contributed by atoms with E-state index in [1.807, 2.05) is 68.5 Å². The van der Waals surface area contributed by atoms with E-state index >= 15 is 0 Å². The van der Waals surface area contributed by atoms with Crippen molar-refractivity contribution in [2.75, 3.05) is 4.90 Å². The smallest absolute Gasteiger partial charge is 0.477 e. The van der Waals surface area contributed by atoms with Crippen molar-refractivity contribution in [3.63, 3.8) is 0 Å². The lowest BCUT2D eigenvalue weighted by Crippen LogP contribution is -2.18. The molecule has 0 atom stereocenters. The molecule has 6 rings (SSSR count). The number of hydrogen-bond acceptors (Lipinski definition) is 5. The molecule has 0 radical (unpaired) electrons. The Labute approximate surface area is 288 Å². The highest BCUT2D eigenvalue weighted by Gasteiger charge is 2.32. The number of halogens is 2. The third kappa shape index (κ3) is 6.41. The molecule has 0 amide bonds. The number of para-hydroxylation sites is 2. The zero-order chi connectivity index (χ0) is 34.8. The van der Waals surface area contributed by atoms with Gasteiger partial charge in [-0.25, -0.2) is 4.79 Å². The van der Waals surface area contributed by atoms with E-state index in [1.165, 1.54) is 24.3 Å². The van der Waals surface area contributed by atoms with Crippen LogP contribution in [0.2, 0.25) is 0 Å². The second-order valence-electron chi connectivity index (χ2n) is 11.6. The van der Waals surface area contributed by atoms with Crippen LogP contribution in [0.1, 0.15) is 41.2 Å². The number of aromatic nitrogens is 1. The van der Waals surface area contributed by atoms with Gasteiger partial charge in [-0.05, 0) is 111 Å². The Hall–Kier alpha value is -5.79. The topological polar surface area (TPSA) is 81.6 Å². The van der Waals surface area contributed by atoms with Crippen LogP contribution in [0, 0.1) is 25.2 Å². The molecule has 0 spiro atoms. The van der Waals surface area contributed by atoms with Crippen molar-refractivity contribution < 1.29 is 18.5 Å². The molecule has 2 aromatic heterocycles. The summed E-state index contributed by atoms with van der Waals surface area (Å²) >= 11 is 1.47. The van der Waals surface area contributed by atoms with E-state index in [4.69, 9.17) is 4.99 Å². The number of carboxylic acids is 1. The number of thiophene rings is 1. The number of hydrogen-bond donors (Lipinski definition) is 1. The maximum atomic E-state index is 14.9. The number of benzene rings is 3. The van der Waals surface area contributed by atoms with Crippen molar-refractivity contribution in [2.24, 2.45) is 4.99 Å². The van der Waals surface area contributed by atoms with Crippen molar-refractivity contribution in [2.45, 2.75) is 27.7 Å². The molecule has 0 bridgehead atoms. The van der Waals surface area contributed by atoms with Crippen molar-refractivity contribution in [1.82, 2.24) is 4.48 Å². The minimum Gasteiger partial charge on any atom is -0.477 e. The Morgan fingerprint density at radius 1 is 0.898 bits per heavy atom. The molecule has 6 nitrogen and oxygen atoms in total. The molecule has 1 N–H and O–H groups in total. The fraction of sp³-hybridized carbons (Fsp3) is 0.103. The summed E-state index contributed by atoms with van der Waals surface area (Å²) in [6.45, 7) is 6.93. The van der Waals surface area contributed by atoms with Gasteiger partial charge in [0, 0.05) is 49.5 Å². The van der Waals surface area contributed by atoms with Gasteiger partial charge in [0.25, 0.3) is 0 Å². The van der Waals surface area contributed by atoms with Gasteiger partial charge in [-0.3, -0.25) is 13.6 Å². The summed E-state index contributed by atoms with van der Waals surface area (Å²) in [4.78, 5) is 20.3. The number of aliphatic imine (C=N–C) groups is 1. The van der Waals surface area contributed by atoms with Crippen molar-refractivity contribution in [3.05, 3.63) is 147 Å². The van der Waals surface area contributed by atoms with E-state index in [0.717, 1.165) is 48.1 Å². The SMILES string of the molecule is CC1=CC(C)=N/C1=C(/c1ccc(-c2ccc(N(c3ccccc3)c3ccccc3)cc2)s1)c1c(C)c(/C=C(\C#N)C(=O)O)c(C)n1B(F)F. The van der Waals surface area contributed by atoms with Crippen LogP contribution in [0.25, 0.3) is 22.1 Å². The van der Waals surface area contributed by atoms with Crippen LogP contribution in [-0.4, -0.2) is 28.7 Å². The number of carboxylic acid groups (broad SMARTS) is 1. The lowest BCUT2D eigenvalue weighted by Gasteiger charge is -2.25. The van der Waals surface area contributed by atoms with Crippen LogP contribution in [0.3, 0.4) is 0 Å². The van der Waals surface area contributed by atoms with Gasteiger partial charge in [0.15, 0.2) is 0 Å². The minimum atomic E-state index is -2.93. The number of nitrogens with zero attached hydrogens (tertiary/aromatic N) is 4. The Morgan fingerprint density at radius 2 is 1.49 bits per heavy atom. The van der Waals surface area contributed by atoms with Gasteiger partial charge >= 0.3 is 13.4 Å². The molecule has 1 aliphatic rings. The van der Waals surface area contributed by atoms with Gasteiger partial charge in [-0.2, -0.15) is 5.26 Å². The summed E-state index contributed by atoms with van der Waals surface area (Å²) in [7, 11) is -2.93. The van der Waals surface area contributed by atoms with Gasteiger partial charge < -0.3 is 14.5 Å². The number of nitriles is 1. The zero-order valence-electron chi connectivity index (χ0n) is 27.3. The highest BCUT2D eigenvalue weighted by atomic mass is 32.1. The summed E-state index contributed by atoms with van der Waals surface area (Å²) in [6, 6.07) is 34.0. The quantitative estimate of drug-likeness (QED) is 0.0963. The van der Waals surface area contributed by atoms with Crippen LogP contribution in [0.15, 0.2) is 125 Å². The fourth-order valence-electron chi connectivity index (χ4n) is 6.21. The second-order valence-corrected chi connectivity index (χ2v) is 12.7. The summed E-state index contributed by atoms with van der Waals surface area (Å²) in [5, 5.41) is 19.0. The first-order valence-corrected chi connectivity index (χ1v) is 16.3. The molecule has 10 heteroatoms. The third-order valence-electron chi connectivity index (χ3n) is 8.44. The predicted molar refractivity (Wildman–Crippen MR) is 196 cm³/mol. The summed E-state index contributed by atoms with van der Waals surface area (Å²) < 4.78 is 30.7. The molecule has 0 unspecified atom stereocenters. The average molecular weight is 669 g/mol. The van der Waals surface area contributed by atoms with Crippen molar-refractivity contribution in [1.29, 1.82) is 5.26 Å². The minimum absolute atomic E-state index is 0.156. The van der Waals surface area contributed by atoms with E-state index in [-0.39, 0.29) is 17.0 Å². The van der Waals surface area contributed by atoms with E-state index in [2.05, 4.69) is 53.4 Å². The largest absolute Gasteiger partial charge is 0.677 e. The first-order valence-electron chi connectivity index (χ1n) is 15.5. The van der Waals surface area contributed by atoms with Crippen LogP contribution in [0.5, 0.6) is 0 Å². The first kappa shape index (κ1) is 33.1. The fourth-order valence-corrected chi connectivity index (χ4v) is 7.27. The van der Waals surface area contributed by atoms with E-state index < -0.39 is 18.9 Å². The molecule has 0 aliphatic carbocycles. The summed E-state index contributed by atoms with van der Waals surface area (Å²) in [5.41, 5.74) is 7.21. The molecular weight excluding hydrogens is 637 g/mol. The average Bonchev–Trinajstić information content (AvgIpc) is 3.77. The van der Waals surface area contributed by atoms with Crippen molar-refractivity contribution >= 4 is 59.1 Å². The van der Waals surface area contributed by atoms with E-state index in [0.29, 0.717) is 16.8 Å². The standard InChI is InChI=1S/C39H31BF2N4O2S/c1-24-21-25(2)44-37(24)36(38-26(3)33(22-29(23-43)39(47)48)27(4)46(38)40(41)42)35-20-19-34(49-35)28-15-17-32(18-16-28)45(30-11-7-5-8-12-30)31-13-9-6-10-14-31/h5-22H,1-4H3,(H,47,48)/b29-22+,37-36-. The zero-order valence-corrected chi connectivity index (χ0v) is 28.1. The molecule has 242 valence electrons. The highest BCUT2D eigenvalue weighted by molar-refractivity contribution is 7.16. The normalized spacial score (nSPS) is 13.9. The number of allylic oxidation sites excluding steroid dienone is 2. The van der Waals surface area contributed by atoms with Gasteiger partial charge in [-0.15, -0.1) is 11.3 Å². The number of rotatable bonds is 9. The van der Waals surface area contributed by atoms with Crippen LogP contribution in [-0.2, 0) is 4.79 Å². The molecule has 0 saturated carbocycles. The molecule has 0 saturated heterocycles. The molecular formula is C39H31BF2N4O2S. The van der Waals surface area contributed by atoms with Gasteiger partial charge in [0.1, 0.15) is 11.6 Å². The van der Waals surface area contributed by atoms with Crippen LogP contribution in [0.4, 0.5) is 25.7 Å². The maximum Gasteiger partial charge on any atom is 0.677 e. The highest BCUT2D eigenvalue weighted by Crippen LogP contribution is 2.44. The van der Waals surface area contributed by atoms with Gasteiger partial charge in [-0.1, -0.05) is 48.5 Å². The van der Waals surface area contributed by atoms with Crippen LogP contribution >= 0.6 is 11.3 Å². The lowest BCUT2D eigenvalue weighted by molar-refractivity contribution is -0.132. The van der Waals surface area contributed by atoms with Crippen LogP contribution < -0.4 is 4.90 Å². The monoisotopic (exact) mass is 668 g/mol. The molecule has 3 aromatic carbocycles. The number of anilines is 3. The number of aliphatic carboxylic acids is 1.